The van der Waals surface area contributed by atoms with Gasteiger partial charge in [0.1, 0.15) is 5.82 Å². The van der Waals surface area contributed by atoms with Crippen LogP contribution in [0.1, 0.15) is 5.56 Å². The molecule has 2 aromatic rings. The lowest BCUT2D eigenvalue weighted by Gasteiger charge is -2.05. The van der Waals surface area contributed by atoms with Crippen molar-refractivity contribution in [1.82, 2.24) is 5.43 Å². The molecule has 2 N–H and O–H groups in total. The molecular weight excluding hydrogens is 337 g/mol. The first-order valence-electron chi connectivity index (χ1n) is 6.21. The lowest BCUT2D eigenvalue weighted by atomic mass is 10.2. The Morgan fingerprint density at radius 1 is 1.19 bits per heavy atom. The van der Waals surface area contributed by atoms with E-state index in [2.05, 4.69) is 31.8 Å². The van der Waals surface area contributed by atoms with E-state index in [-0.39, 0.29) is 18.3 Å². The van der Waals surface area contributed by atoms with Gasteiger partial charge >= 0.3 is 0 Å². The van der Waals surface area contributed by atoms with Crippen LogP contribution < -0.4 is 10.7 Å². The fourth-order valence-corrected chi connectivity index (χ4v) is 1.81. The second kappa shape index (κ2) is 7.54. The Bertz CT molecular complexity index is 644. The Morgan fingerprint density at radius 3 is 2.62 bits per heavy atom. The summed E-state index contributed by atoms with van der Waals surface area (Å²) >= 11 is 3.33. The number of amides is 1. The highest BCUT2D eigenvalue weighted by Gasteiger charge is 2.00. The first kappa shape index (κ1) is 15.2. The largest absolute Gasteiger partial charge is 0.376 e. The van der Waals surface area contributed by atoms with Crippen LogP contribution in [0.3, 0.4) is 0 Å². The topological polar surface area (TPSA) is 53.5 Å². The summed E-state index contributed by atoms with van der Waals surface area (Å²) in [4.78, 5) is 11.6. The predicted octanol–water partition coefficient (Wildman–Crippen LogP) is 3.15. The van der Waals surface area contributed by atoms with E-state index in [1.165, 1.54) is 12.3 Å². The third kappa shape index (κ3) is 5.00. The highest BCUT2D eigenvalue weighted by Crippen LogP contribution is 2.13. The van der Waals surface area contributed by atoms with Crippen molar-refractivity contribution in [3.8, 4) is 0 Å². The van der Waals surface area contributed by atoms with Crippen LogP contribution >= 0.6 is 15.9 Å². The van der Waals surface area contributed by atoms with Crippen molar-refractivity contribution < 1.29 is 9.18 Å². The average Bonchev–Trinajstić information content (AvgIpc) is 2.49. The fraction of sp³-hybridized carbons (Fsp3) is 0.0667. The molecule has 0 saturated heterocycles. The van der Waals surface area contributed by atoms with Crippen molar-refractivity contribution in [1.29, 1.82) is 0 Å². The van der Waals surface area contributed by atoms with Crippen LogP contribution in [0.4, 0.5) is 10.1 Å². The van der Waals surface area contributed by atoms with E-state index in [9.17, 15) is 9.18 Å². The first-order valence-corrected chi connectivity index (χ1v) is 7.00. The molecule has 0 bridgehead atoms. The lowest BCUT2D eigenvalue weighted by Crippen LogP contribution is -2.25. The number of rotatable bonds is 5. The summed E-state index contributed by atoms with van der Waals surface area (Å²) in [5.74, 6) is -0.700. The Labute approximate surface area is 130 Å². The number of carbonyl (C=O) groups is 1. The van der Waals surface area contributed by atoms with Gasteiger partial charge in [-0.2, -0.15) is 5.10 Å². The van der Waals surface area contributed by atoms with E-state index >= 15 is 0 Å². The molecule has 4 nitrogen and oxygen atoms in total. The van der Waals surface area contributed by atoms with Gasteiger partial charge in [0.2, 0.25) is 0 Å². The summed E-state index contributed by atoms with van der Waals surface area (Å²) < 4.78 is 14.3. The van der Waals surface area contributed by atoms with Gasteiger partial charge in [0.05, 0.1) is 12.8 Å². The van der Waals surface area contributed by atoms with Crippen molar-refractivity contribution in [2.75, 3.05) is 11.9 Å². The van der Waals surface area contributed by atoms with Crippen molar-refractivity contribution >= 4 is 33.7 Å². The van der Waals surface area contributed by atoms with E-state index in [4.69, 9.17) is 0 Å². The third-order valence-corrected chi connectivity index (χ3v) is 3.12. The van der Waals surface area contributed by atoms with Crippen molar-refractivity contribution in [3.63, 3.8) is 0 Å². The second-order valence-corrected chi connectivity index (χ2v) is 5.09. The van der Waals surface area contributed by atoms with Crippen LogP contribution in [0, 0.1) is 5.82 Å². The average molecular weight is 350 g/mol. The molecule has 6 heteroatoms. The zero-order valence-corrected chi connectivity index (χ0v) is 12.6. The van der Waals surface area contributed by atoms with Gasteiger partial charge in [-0.05, 0) is 30.3 Å². The number of nitrogens with one attached hydrogen (secondary N) is 2. The molecule has 0 radical (unpaired) electrons. The molecule has 0 spiro atoms. The normalized spacial score (nSPS) is 10.6. The molecule has 0 atom stereocenters. The van der Waals surface area contributed by atoms with Gasteiger partial charge in [-0.1, -0.05) is 34.1 Å². The summed E-state index contributed by atoms with van der Waals surface area (Å²) in [6.07, 6.45) is 1.27. The van der Waals surface area contributed by atoms with Gasteiger partial charge in [0.15, 0.2) is 0 Å². The molecule has 0 aliphatic rings. The van der Waals surface area contributed by atoms with Crippen LogP contribution in [0.5, 0.6) is 0 Å². The van der Waals surface area contributed by atoms with E-state index in [0.29, 0.717) is 5.56 Å². The maximum atomic E-state index is 13.3. The van der Waals surface area contributed by atoms with Gasteiger partial charge in [0, 0.05) is 15.7 Å². The number of benzene rings is 2. The van der Waals surface area contributed by atoms with E-state index in [1.54, 1.807) is 18.2 Å². The van der Waals surface area contributed by atoms with E-state index in [0.717, 1.165) is 10.2 Å². The van der Waals surface area contributed by atoms with E-state index in [1.807, 2.05) is 24.3 Å². The SMILES string of the molecule is O=C(CNc1ccc(Br)cc1)N/N=C/c1ccccc1F. The maximum absolute atomic E-state index is 13.3. The maximum Gasteiger partial charge on any atom is 0.259 e. The van der Waals surface area contributed by atoms with Crippen molar-refractivity contribution in [2.45, 2.75) is 0 Å². The molecule has 0 heterocycles. The number of hydrogen-bond acceptors (Lipinski definition) is 3. The summed E-state index contributed by atoms with van der Waals surface area (Å²) in [6, 6.07) is 13.6. The Morgan fingerprint density at radius 2 is 1.90 bits per heavy atom. The summed E-state index contributed by atoms with van der Waals surface area (Å²) in [5, 5.41) is 6.67. The van der Waals surface area contributed by atoms with Crippen molar-refractivity contribution in [3.05, 3.63) is 64.4 Å². The monoisotopic (exact) mass is 349 g/mol. The summed E-state index contributed by atoms with van der Waals surface area (Å²) in [6.45, 7) is 0.0796. The highest BCUT2D eigenvalue weighted by molar-refractivity contribution is 9.10. The summed E-state index contributed by atoms with van der Waals surface area (Å²) in [7, 11) is 0. The molecule has 0 aromatic heterocycles. The standard InChI is InChI=1S/C15H13BrFN3O/c16-12-5-7-13(8-6-12)18-10-15(21)20-19-9-11-3-1-2-4-14(11)17/h1-9,18H,10H2,(H,20,21)/b19-9+. The number of hydrazone groups is 1. The number of carbonyl (C=O) groups excluding carboxylic acids is 1. The Kier molecular flexibility index (Phi) is 5.45. The molecule has 0 unspecified atom stereocenters. The van der Waals surface area contributed by atoms with E-state index < -0.39 is 0 Å². The van der Waals surface area contributed by atoms with Crippen LogP contribution in [0.15, 0.2) is 58.1 Å². The van der Waals surface area contributed by atoms with Crippen LogP contribution in [0.2, 0.25) is 0 Å². The molecule has 0 fully saturated rings. The lowest BCUT2D eigenvalue weighted by molar-refractivity contribution is -0.119. The predicted molar refractivity (Wildman–Crippen MR) is 84.8 cm³/mol. The number of nitrogens with zero attached hydrogens (tertiary/aromatic N) is 1. The minimum absolute atomic E-state index is 0.0796. The number of halogens is 2. The third-order valence-electron chi connectivity index (χ3n) is 2.60. The molecule has 0 aliphatic carbocycles. The molecule has 21 heavy (non-hydrogen) atoms. The molecule has 2 rings (SSSR count). The smallest absolute Gasteiger partial charge is 0.259 e. The van der Waals surface area contributed by atoms with Gasteiger partial charge in [-0.15, -0.1) is 0 Å². The molecule has 1 amide bonds. The first-order chi connectivity index (χ1) is 10.1. The molecule has 108 valence electrons. The Balaban J connectivity index is 1.80. The Hall–Kier alpha value is -2.21. The highest BCUT2D eigenvalue weighted by atomic mass is 79.9. The molecule has 0 saturated carbocycles. The number of hydrogen-bond donors (Lipinski definition) is 2. The van der Waals surface area contributed by atoms with Gasteiger partial charge in [-0.3, -0.25) is 4.79 Å². The molecular formula is C15H13BrFN3O. The van der Waals surface area contributed by atoms with Gasteiger partial charge in [-0.25, -0.2) is 9.82 Å². The molecule has 2 aromatic carbocycles. The minimum atomic E-state index is -0.386. The number of anilines is 1. The second-order valence-electron chi connectivity index (χ2n) is 4.18. The quantitative estimate of drug-likeness (QED) is 0.643. The molecule has 0 aliphatic heterocycles. The van der Waals surface area contributed by atoms with Crippen LogP contribution in [-0.4, -0.2) is 18.7 Å². The van der Waals surface area contributed by atoms with Gasteiger partial charge in [0.25, 0.3) is 5.91 Å². The van der Waals surface area contributed by atoms with Crippen LogP contribution in [-0.2, 0) is 4.79 Å². The minimum Gasteiger partial charge on any atom is -0.376 e. The fourth-order valence-electron chi connectivity index (χ4n) is 1.54. The summed E-state index contributed by atoms with van der Waals surface area (Å²) in [5.41, 5.74) is 3.48. The van der Waals surface area contributed by atoms with Crippen molar-refractivity contribution in [2.24, 2.45) is 5.10 Å². The zero-order valence-electron chi connectivity index (χ0n) is 11.0. The van der Waals surface area contributed by atoms with Crippen LogP contribution in [0.25, 0.3) is 0 Å². The zero-order chi connectivity index (χ0) is 15.1. The van der Waals surface area contributed by atoms with Gasteiger partial charge < -0.3 is 5.32 Å².